The highest BCUT2D eigenvalue weighted by Gasteiger charge is 2.29. The van der Waals surface area contributed by atoms with Gasteiger partial charge in [0, 0.05) is 25.9 Å². The largest absolute Gasteiger partial charge is 0.398 e. The zero-order valence-corrected chi connectivity index (χ0v) is 15.7. The average Bonchev–Trinajstić information content (AvgIpc) is 2.79. The van der Waals surface area contributed by atoms with E-state index in [1.807, 2.05) is 0 Å². The second kappa shape index (κ2) is 7.33. The standard InChI is InChI=1S/C15H21ClN4O3Si/c1-24(2,3)9-8-23-10-19-13(11-6-4-5-7-12(11)17)14(20(21)22)15(16)18-19/h4-7H,8-10,17H2,1-3H3. The normalized spacial score (nSPS) is 11.7. The van der Waals surface area contributed by atoms with Crippen molar-refractivity contribution >= 4 is 31.0 Å². The molecule has 0 unspecified atom stereocenters. The fourth-order valence-electron chi connectivity index (χ4n) is 2.19. The van der Waals surface area contributed by atoms with E-state index >= 15 is 0 Å². The first kappa shape index (κ1) is 18.4. The third kappa shape index (κ3) is 4.34. The molecule has 0 spiro atoms. The van der Waals surface area contributed by atoms with Gasteiger partial charge in [0.05, 0.1) is 4.92 Å². The van der Waals surface area contributed by atoms with E-state index in [9.17, 15) is 10.1 Å². The molecule has 0 radical (unpaired) electrons. The number of para-hydroxylation sites is 1. The lowest BCUT2D eigenvalue weighted by atomic mass is 10.1. The van der Waals surface area contributed by atoms with Crippen molar-refractivity contribution < 1.29 is 9.66 Å². The van der Waals surface area contributed by atoms with E-state index in [1.54, 1.807) is 24.3 Å². The number of hydrogen-bond acceptors (Lipinski definition) is 5. The Balaban J connectivity index is 2.33. The predicted octanol–water partition coefficient (Wildman–Crippen LogP) is 4.01. The second-order valence-corrected chi connectivity index (χ2v) is 12.7. The molecule has 0 saturated heterocycles. The van der Waals surface area contributed by atoms with Crippen LogP contribution in [-0.2, 0) is 11.5 Å². The number of nitrogen functional groups attached to an aromatic ring is 1. The van der Waals surface area contributed by atoms with Gasteiger partial charge in [-0.2, -0.15) is 5.10 Å². The van der Waals surface area contributed by atoms with Crippen molar-refractivity contribution in [2.45, 2.75) is 32.4 Å². The number of hydrogen-bond donors (Lipinski definition) is 1. The van der Waals surface area contributed by atoms with Crippen molar-refractivity contribution in [1.29, 1.82) is 0 Å². The Bertz CT molecular complexity index is 743. The predicted molar refractivity (Wildman–Crippen MR) is 97.8 cm³/mol. The summed E-state index contributed by atoms with van der Waals surface area (Å²) in [6, 6.07) is 7.89. The summed E-state index contributed by atoms with van der Waals surface area (Å²) in [5, 5.41) is 15.3. The highest BCUT2D eigenvalue weighted by molar-refractivity contribution is 6.76. The van der Waals surface area contributed by atoms with Crippen LogP contribution >= 0.6 is 11.6 Å². The van der Waals surface area contributed by atoms with Gasteiger partial charge in [0.1, 0.15) is 6.73 Å². The molecule has 0 amide bonds. The Kier molecular flexibility index (Phi) is 5.63. The van der Waals surface area contributed by atoms with Crippen molar-refractivity contribution in [2.75, 3.05) is 12.3 Å². The van der Waals surface area contributed by atoms with Crippen LogP contribution in [0.15, 0.2) is 24.3 Å². The quantitative estimate of drug-likeness (QED) is 0.262. The lowest BCUT2D eigenvalue weighted by molar-refractivity contribution is -0.384. The number of rotatable bonds is 7. The molecule has 1 aromatic carbocycles. The number of nitro groups is 1. The van der Waals surface area contributed by atoms with Crippen LogP contribution in [0.4, 0.5) is 11.4 Å². The van der Waals surface area contributed by atoms with Crippen molar-refractivity contribution in [3.05, 3.63) is 39.5 Å². The Morgan fingerprint density at radius 1 is 1.38 bits per heavy atom. The van der Waals surface area contributed by atoms with Crippen molar-refractivity contribution in [3.8, 4) is 11.3 Å². The first-order valence-electron chi connectivity index (χ1n) is 7.54. The van der Waals surface area contributed by atoms with Crippen LogP contribution in [0.25, 0.3) is 11.3 Å². The number of halogens is 1. The molecule has 2 rings (SSSR count). The van der Waals surface area contributed by atoms with Crippen LogP contribution in [0.5, 0.6) is 0 Å². The van der Waals surface area contributed by atoms with Gasteiger partial charge in [-0.1, -0.05) is 49.4 Å². The molecule has 0 aliphatic rings. The molecule has 0 saturated carbocycles. The molecule has 24 heavy (non-hydrogen) atoms. The minimum Gasteiger partial charge on any atom is -0.398 e. The van der Waals surface area contributed by atoms with E-state index in [2.05, 4.69) is 24.7 Å². The molecule has 0 fully saturated rings. The van der Waals surface area contributed by atoms with E-state index in [0.29, 0.717) is 17.9 Å². The van der Waals surface area contributed by atoms with E-state index in [0.717, 1.165) is 6.04 Å². The van der Waals surface area contributed by atoms with Crippen LogP contribution in [0.1, 0.15) is 0 Å². The van der Waals surface area contributed by atoms with Crippen LogP contribution in [-0.4, -0.2) is 29.4 Å². The second-order valence-electron chi connectivity index (χ2n) is 6.68. The van der Waals surface area contributed by atoms with Gasteiger partial charge in [-0.3, -0.25) is 10.1 Å². The molecule has 9 heteroatoms. The van der Waals surface area contributed by atoms with E-state index < -0.39 is 13.0 Å². The van der Waals surface area contributed by atoms with Gasteiger partial charge in [-0.25, -0.2) is 4.68 Å². The van der Waals surface area contributed by atoms with Gasteiger partial charge in [0.2, 0.25) is 5.15 Å². The molecule has 1 heterocycles. The molecule has 1 aromatic heterocycles. The number of anilines is 1. The summed E-state index contributed by atoms with van der Waals surface area (Å²) in [6.07, 6.45) is 0. The number of aromatic nitrogens is 2. The van der Waals surface area contributed by atoms with Crippen LogP contribution in [0.3, 0.4) is 0 Å². The first-order chi connectivity index (χ1) is 11.2. The molecule has 0 aliphatic heterocycles. The number of ether oxygens (including phenoxy) is 1. The van der Waals surface area contributed by atoms with Gasteiger partial charge in [-0.15, -0.1) is 0 Å². The third-order valence-corrected chi connectivity index (χ3v) is 5.45. The van der Waals surface area contributed by atoms with Crippen LogP contribution in [0.2, 0.25) is 30.8 Å². The van der Waals surface area contributed by atoms with Crippen molar-refractivity contribution in [3.63, 3.8) is 0 Å². The molecule has 0 atom stereocenters. The average molecular weight is 369 g/mol. The Labute approximate surface area is 146 Å². The van der Waals surface area contributed by atoms with Crippen LogP contribution < -0.4 is 5.73 Å². The molecular weight excluding hydrogens is 348 g/mol. The smallest absolute Gasteiger partial charge is 0.334 e. The fraction of sp³-hybridized carbons (Fsp3) is 0.400. The zero-order chi connectivity index (χ0) is 17.9. The van der Waals surface area contributed by atoms with Crippen LogP contribution in [0, 0.1) is 10.1 Å². The number of benzene rings is 1. The maximum Gasteiger partial charge on any atom is 0.334 e. The maximum atomic E-state index is 11.4. The SMILES string of the molecule is C[Si](C)(C)CCOCn1nc(Cl)c([N+](=O)[O-])c1-c1ccccc1N. The lowest BCUT2D eigenvalue weighted by Gasteiger charge is -2.16. The Morgan fingerprint density at radius 3 is 2.62 bits per heavy atom. The van der Waals surface area contributed by atoms with E-state index in [1.165, 1.54) is 4.68 Å². The van der Waals surface area contributed by atoms with Crippen molar-refractivity contribution in [2.24, 2.45) is 0 Å². The monoisotopic (exact) mass is 368 g/mol. The lowest BCUT2D eigenvalue weighted by Crippen LogP contribution is -2.22. The van der Waals surface area contributed by atoms with Gasteiger partial charge in [0.15, 0.2) is 5.69 Å². The summed E-state index contributed by atoms with van der Waals surface area (Å²) < 4.78 is 7.06. The van der Waals surface area contributed by atoms with Gasteiger partial charge >= 0.3 is 5.69 Å². The van der Waals surface area contributed by atoms with E-state index in [4.69, 9.17) is 22.1 Å². The summed E-state index contributed by atoms with van der Waals surface area (Å²) in [7, 11) is -1.21. The summed E-state index contributed by atoms with van der Waals surface area (Å²) in [4.78, 5) is 10.8. The fourth-order valence-corrected chi connectivity index (χ4v) is 3.19. The molecule has 2 aromatic rings. The topological polar surface area (TPSA) is 96.2 Å². The number of nitrogens with zero attached hydrogens (tertiary/aromatic N) is 3. The van der Waals surface area contributed by atoms with E-state index in [-0.39, 0.29) is 23.3 Å². The molecule has 0 aliphatic carbocycles. The zero-order valence-electron chi connectivity index (χ0n) is 14.0. The summed E-state index contributed by atoms with van der Waals surface area (Å²) in [5.74, 6) is 0. The first-order valence-corrected chi connectivity index (χ1v) is 11.6. The summed E-state index contributed by atoms with van der Waals surface area (Å²) in [5.41, 5.74) is 6.90. The Morgan fingerprint density at radius 2 is 2.04 bits per heavy atom. The highest BCUT2D eigenvalue weighted by atomic mass is 35.5. The van der Waals surface area contributed by atoms with Crippen molar-refractivity contribution in [1.82, 2.24) is 9.78 Å². The Hall–Kier alpha value is -1.90. The maximum absolute atomic E-state index is 11.4. The summed E-state index contributed by atoms with van der Waals surface area (Å²) in [6.45, 7) is 7.42. The summed E-state index contributed by atoms with van der Waals surface area (Å²) >= 11 is 5.97. The minimum atomic E-state index is -1.21. The minimum absolute atomic E-state index is 0.0850. The van der Waals surface area contributed by atoms with Gasteiger partial charge in [-0.05, 0) is 12.1 Å². The molecule has 0 bridgehead atoms. The van der Waals surface area contributed by atoms with Gasteiger partial charge < -0.3 is 10.5 Å². The molecule has 130 valence electrons. The third-order valence-electron chi connectivity index (χ3n) is 3.49. The number of nitrogens with two attached hydrogens (primary N) is 1. The molecular formula is C15H21ClN4O3Si. The molecule has 2 N–H and O–H groups in total. The highest BCUT2D eigenvalue weighted by Crippen LogP contribution is 2.38. The van der Waals surface area contributed by atoms with Gasteiger partial charge in [0.25, 0.3) is 0 Å². The molecule has 7 nitrogen and oxygen atoms in total.